The second-order valence-electron chi connectivity index (χ2n) is 18.9. The summed E-state index contributed by atoms with van der Waals surface area (Å²) < 4.78 is 0. The van der Waals surface area contributed by atoms with Crippen LogP contribution < -0.4 is 0 Å². The van der Waals surface area contributed by atoms with Crippen LogP contribution in [0.1, 0.15) is 250 Å². The first-order chi connectivity index (χ1) is 30.9. The normalized spacial score (nSPS) is 17.2. The topological polar surface area (TPSA) is 162 Å². The monoisotopic (exact) mass is 881 g/mol. The molecule has 0 amide bonds. The lowest BCUT2D eigenvalue weighted by atomic mass is 9.76. The number of unbranched alkanes of at least 4 members (excludes halogenated alkanes) is 16. The fraction of sp³-hybridized carbons (Fsp3) is 0.571. The van der Waals surface area contributed by atoms with Gasteiger partial charge in [0.05, 0.1) is 0 Å². The van der Waals surface area contributed by atoms with Gasteiger partial charge >= 0.3 is 0 Å². The summed E-state index contributed by atoms with van der Waals surface area (Å²) in [6.07, 6.45) is 22.4. The summed E-state index contributed by atoms with van der Waals surface area (Å²) >= 11 is 0. The van der Waals surface area contributed by atoms with Crippen molar-refractivity contribution in [2.24, 2.45) is 0 Å². The summed E-state index contributed by atoms with van der Waals surface area (Å²) in [5.74, 6) is -3.29. The molecule has 0 saturated heterocycles. The van der Waals surface area contributed by atoms with Gasteiger partial charge in [-0.2, -0.15) is 0 Å². The van der Waals surface area contributed by atoms with E-state index >= 15 is 0 Å². The molecule has 4 atom stereocenters. The fourth-order valence-corrected chi connectivity index (χ4v) is 10.4. The van der Waals surface area contributed by atoms with Crippen LogP contribution in [0.5, 0.6) is 46.0 Å². The van der Waals surface area contributed by atoms with Crippen molar-refractivity contribution in [3.63, 3.8) is 0 Å². The first-order valence-corrected chi connectivity index (χ1v) is 25.2. The number of fused-ring (bicyclic) bond motifs is 8. The van der Waals surface area contributed by atoms with E-state index in [2.05, 4.69) is 27.7 Å². The number of rotatable bonds is 24. The minimum absolute atomic E-state index is 0.0798. The number of phenols is 8. The highest BCUT2D eigenvalue weighted by atomic mass is 16.3. The molecule has 0 aliphatic heterocycles. The number of aromatic hydroxyl groups is 8. The zero-order chi connectivity index (χ0) is 46.2. The zero-order valence-corrected chi connectivity index (χ0v) is 39.5. The molecule has 8 nitrogen and oxygen atoms in total. The highest BCUT2D eigenvalue weighted by Crippen LogP contribution is 2.52. The van der Waals surface area contributed by atoms with Crippen LogP contribution in [0.25, 0.3) is 0 Å². The standard InChI is InChI=1S/C56H80O8/c1-5-9-13-17-21-25-38-37-29-48(56(64)55(63)30-37)41(28-24-20-16-12-8-4)47-33-46(53(61)36-54(47)62)40(27-23-19-15-11-7-3)45-32-44(51(59)35-52(45)60)39(26-22-18-14-10-6-2)43-31-42(38)49(57)34-50(43)58/h29-36,38-41,57-64H,5-28H2,1-4H3. The number of hydrogen-bond acceptors (Lipinski definition) is 8. The van der Waals surface area contributed by atoms with Gasteiger partial charge in [-0.25, -0.2) is 0 Å². The molecule has 1 aliphatic carbocycles. The summed E-state index contributed by atoms with van der Waals surface area (Å²) in [7, 11) is 0. The summed E-state index contributed by atoms with van der Waals surface area (Å²) in [5, 5.41) is 94.6. The van der Waals surface area contributed by atoms with E-state index in [9.17, 15) is 40.9 Å². The van der Waals surface area contributed by atoms with Crippen molar-refractivity contribution in [3.8, 4) is 46.0 Å². The van der Waals surface area contributed by atoms with Crippen LogP contribution in [-0.2, 0) is 0 Å². The second-order valence-corrected chi connectivity index (χ2v) is 18.9. The Balaban J connectivity index is 1.85. The molecule has 8 bridgehead atoms. The average Bonchev–Trinajstić information content (AvgIpc) is 3.26. The molecule has 8 N–H and O–H groups in total. The van der Waals surface area contributed by atoms with Crippen LogP contribution >= 0.6 is 0 Å². The Morgan fingerprint density at radius 2 is 0.531 bits per heavy atom. The molecule has 8 heteroatoms. The highest BCUT2D eigenvalue weighted by Gasteiger charge is 2.33. The Morgan fingerprint density at radius 3 is 0.844 bits per heavy atom. The molecule has 0 saturated carbocycles. The number of benzene rings is 4. The maximum Gasteiger partial charge on any atom is 0.161 e. The average molecular weight is 881 g/mol. The van der Waals surface area contributed by atoms with Gasteiger partial charge in [-0.1, -0.05) is 162 Å². The minimum Gasteiger partial charge on any atom is -0.508 e. The molecule has 4 unspecified atom stereocenters. The highest BCUT2D eigenvalue weighted by molar-refractivity contribution is 5.62. The number of phenolic OH excluding ortho intramolecular Hbond substituents is 8. The summed E-state index contributed by atoms with van der Waals surface area (Å²) in [6, 6.07) is 13.2. The smallest absolute Gasteiger partial charge is 0.161 e. The molecule has 64 heavy (non-hydrogen) atoms. The van der Waals surface area contributed by atoms with E-state index in [0.717, 1.165) is 128 Å². The molecule has 0 aromatic heterocycles. The number of hydrogen-bond donors (Lipinski definition) is 8. The van der Waals surface area contributed by atoms with E-state index in [4.69, 9.17) is 0 Å². The van der Waals surface area contributed by atoms with E-state index in [0.29, 0.717) is 70.2 Å². The van der Waals surface area contributed by atoms with Crippen molar-refractivity contribution in [1.29, 1.82) is 0 Å². The zero-order valence-electron chi connectivity index (χ0n) is 39.5. The molecule has 352 valence electrons. The van der Waals surface area contributed by atoms with Crippen molar-refractivity contribution in [1.82, 2.24) is 0 Å². The summed E-state index contributed by atoms with van der Waals surface area (Å²) in [5.41, 5.74) is 4.39. The Kier molecular flexibility index (Phi) is 19.7. The van der Waals surface area contributed by atoms with Crippen LogP contribution in [0.4, 0.5) is 0 Å². The Bertz CT molecular complexity index is 2070. The van der Waals surface area contributed by atoms with Crippen LogP contribution in [0.15, 0.2) is 48.5 Å². The van der Waals surface area contributed by atoms with Gasteiger partial charge in [0.15, 0.2) is 11.5 Å². The summed E-state index contributed by atoms with van der Waals surface area (Å²) in [4.78, 5) is 0. The van der Waals surface area contributed by atoms with Crippen molar-refractivity contribution < 1.29 is 40.9 Å². The fourth-order valence-electron chi connectivity index (χ4n) is 10.4. The Morgan fingerprint density at radius 1 is 0.266 bits per heavy atom. The molecule has 1 aliphatic rings. The predicted octanol–water partition coefficient (Wildman–Crippen LogP) is 15.6. The quantitative estimate of drug-likeness (QED) is 0.0255. The van der Waals surface area contributed by atoms with Crippen LogP contribution in [0.3, 0.4) is 0 Å². The van der Waals surface area contributed by atoms with Crippen LogP contribution in [-0.4, -0.2) is 40.9 Å². The predicted molar refractivity (Wildman–Crippen MR) is 260 cm³/mol. The van der Waals surface area contributed by atoms with Gasteiger partial charge in [-0.3, -0.25) is 0 Å². The van der Waals surface area contributed by atoms with E-state index in [1.807, 2.05) is 24.3 Å². The Hall–Kier alpha value is -4.72. The van der Waals surface area contributed by atoms with Gasteiger partial charge in [-0.05, 0) is 55.5 Å². The van der Waals surface area contributed by atoms with Crippen LogP contribution in [0, 0.1) is 0 Å². The van der Waals surface area contributed by atoms with Crippen molar-refractivity contribution >= 4 is 0 Å². The molecule has 5 rings (SSSR count). The molecule has 0 heterocycles. The van der Waals surface area contributed by atoms with Gasteiger partial charge in [0.1, 0.15) is 34.5 Å². The van der Waals surface area contributed by atoms with Gasteiger partial charge in [0, 0.05) is 80.8 Å². The first-order valence-electron chi connectivity index (χ1n) is 25.2. The van der Waals surface area contributed by atoms with E-state index in [1.54, 1.807) is 6.07 Å². The minimum atomic E-state index is -0.583. The third-order valence-electron chi connectivity index (χ3n) is 14.1. The van der Waals surface area contributed by atoms with Crippen molar-refractivity contribution in [2.45, 2.75) is 205 Å². The summed E-state index contributed by atoms with van der Waals surface area (Å²) in [6.45, 7) is 8.70. The maximum atomic E-state index is 11.9. The van der Waals surface area contributed by atoms with E-state index < -0.39 is 23.7 Å². The molecular formula is C56H80O8. The van der Waals surface area contributed by atoms with Gasteiger partial charge in [0.25, 0.3) is 0 Å². The lowest BCUT2D eigenvalue weighted by Crippen LogP contribution is -2.11. The van der Waals surface area contributed by atoms with Crippen molar-refractivity contribution in [3.05, 3.63) is 93.0 Å². The Labute approximate surface area is 384 Å². The van der Waals surface area contributed by atoms with Crippen LogP contribution in [0.2, 0.25) is 0 Å². The third kappa shape index (κ3) is 12.8. The maximum absolute atomic E-state index is 11.9. The molecule has 0 radical (unpaired) electrons. The second kappa shape index (κ2) is 25.1. The van der Waals surface area contributed by atoms with Gasteiger partial charge in [0.2, 0.25) is 0 Å². The molecule has 4 aromatic carbocycles. The third-order valence-corrected chi connectivity index (χ3v) is 14.1. The van der Waals surface area contributed by atoms with Gasteiger partial charge in [-0.15, -0.1) is 0 Å². The molecular weight excluding hydrogens is 801 g/mol. The van der Waals surface area contributed by atoms with E-state index in [1.165, 1.54) is 18.2 Å². The van der Waals surface area contributed by atoms with E-state index in [-0.39, 0.29) is 46.0 Å². The molecule has 0 spiro atoms. The molecule has 0 fully saturated rings. The lowest BCUT2D eigenvalue weighted by molar-refractivity contribution is 0.392. The SMILES string of the molecule is CCCCCCCC1c2cc(O)c(O)c(c2)C(CCCCCCC)c2cc(c(O)cc2O)C(CCCCCCC)c2cc(c(O)cc2O)C(CCCCCCC)c2cc1c(O)cc2O. The lowest BCUT2D eigenvalue weighted by Gasteiger charge is -2.29. The molecule has 4 aromatic rings. The van der Waals surface area contributed by atoms with Gasteiger partial charge < -0.3 is 40.9 Å². The largest absolute Gasteiger partial charge is 0.508 e. The van der Waals surface area contributed by atoms with Crippen molar-refractivity contribution in [2.75, 3.05) is 0 Å². The first kappa shape index (κ1) is 50.3.